The normalized spacial score (nSPS) is 12.2. The van der Waals surface area contributed by atoms with Crippen LogP contribution in [0.3, 0.4) is 0 Å². The van der Waals surface area contributed by atoms with Crippen LogP contribution < -0.4 is 15.4 Å². The van der Waals surface area contributed by atoms with E-state index in [1.807, 2.05) is 24.3 Å². The smallest absolute Gasteiger partial charge is 0.257 e. The molecule has 1 atom stereocenters. The van der Waals surface area contributed by atoms with Crippen molar-refractivity contribution in [2.75, 3.05) is 12.4 Å². The maximum absolute atomic E-state index is 12.8. The first-order valence-corrected chi connectivity index (χ1v) is 10.3. The van der Waals surface area contributed by atoms with Crippen molar-refractivity contribution >= 4 is 17.6 Å². The molecule has 0 saturated heterocycles. The number of hydrogen-bond acceptors (Lipinski definition) is 4. The number of aromatic nitrogens is 1. The number of pyridine rings is 1. The van der Waals surface area contributed by atoms with Crippen LogP contribution in [0.4, 0.5) is 5.69 Å². The lowest BCUT2D eigenvalue weighted by atomic mass is 9.99. The highest BCUT2D eigenvalue weighted by atomic mass is 16.5. The summed E-state index contributed by atoms with van der Waals surface area (Å²) in [4.78, 5) is 21.4. The fraction of sp³-hybridized carbons (Fsp3) is 0.240. The molecule has 3 rings (SSSR count). The van der Waals surface area contributed by atoms with Gasteiger partial charge in [-0.2, -0.15) is 0 Å². The van der Waals surface area contributed by atoms with Crippen LogP contribution in [0.2, 0.25) is 0 Å². The molecule has 31 heavy (non-hydrogen) atoms. The number of guanidine groups is 1. The fourth-order valence-corrected chi connectivity index (χ4v) is 2.96. The van der Waals surface area contributed by atoms with Gasteiger partial charge in [0, 0.05) is 23.6 Å². The Hall–Kier alpha value is -3.67. The highest BCUT2D eigenvalue weighted by molar-refractivity contribution is 6.10. The molecule has 0 radical (unpaired) electrons. The van der Waals surface area contributed by atoms with Crippen LogP contribution in [-0.4, -0.2) is 24.0 Å². The molecule has 1 heterocycles. The van der Waals surface area contributed by atoms with Crippen molar-refractivity contribution < 1.29 is 9.53 Å². The zero-order valence-corrected chi connectivity index (χ0v) is 18.1. The number of nitrogens with one attached hydrogen (secondary N) is 2. The molecule has 0 fully saturated rings. The highest BCUT2D eigenvalue weighted by Gasteiger charge is 2.10. The molecule has 0 saturated carbocycles. The maximum Gasteiger partial charge on any atom is 0.257 e. The Morgan fingerprint density at radius 3 is 2.32 bits per heavy atom. The topological polar surface area (TPSA) is 75.6 Å². The van der Waals surface area contributed by atoms with E-state index in [1.54, 1.807) is 43.8 Å². The number of ether oxygens (including phenoxy) is 1. The number of rotatable bonds is 7. The molecule has 2 N–H and O–H groups in total. The van der Waals surface area contributed by atoms with Crippen LogP contribution in [0, 0.1) is 0 Å². The van der Waals surface area contributed by atoms with Crippen molar-refractivity contribution in [1.82, 2.24) is 10.3 Å². The van der Waals surface area contributed by atoms with Crippen molar-refractivity contribution in [1.29, 1.82) is 0 Å². The summed E-state index contributed by atoms with van der Waals surface area (Å²) in [7, 11) is 1.59. The van der Waals surface area contributed by atoms with E-state index >= 15 is 0 Å². The molecule has 160 valence electrons. The predicted octanol–water partition coefficient (Wildman–Crippen LogP) is 5.00. The third-order valence-electron chi connectivity index (χ3n) is 5.11. The first-order valence-electron chi connectivity index (χ1n) is 10.3. The standard InChI is InChI=1S/C25H28N4O2/c1-4-18(2)20-5-9-22(10-6-20)28-25(27-17-19-13-15-26-16-14-19)29-24(30)21-7-11-23(31-3)12-8-21/h5-16,18H,4,17H2,1-3H3,(H2,27,28,29,30)/t18-/m0/s1. The van der Waals surface area contributed by atoms with Gasteiger partial charge < -0.3 is 10.1 Å². The summed E-state index contributed by atoms with van der Waals surface area (Å²) in [5.41, 5.74) is 3.66. The van der Waals surface area contributed by atoms with Gasteiger partial charge in [0.25, 0.3) is 5.91 Å². The summed E-state index contributed by atoms with van der Waals surface area (Å²) in [6.45, 7) is 4.80. The molecular formula is C25H28N4O2. The average molecular weight is 417 g/mol. The van der Waals surface area contributed by atoms with Gasteiger partial charge in [0.15, 0.2) is 0 Å². The third kappa shape index (κ3) is 6.40. The Kier molecular flexibility index (Phi) is 7.76. The minimum atomic E-state index is -0.250. The second kappa shape index (κ2) is 10.9. The van der Waals surface area contributed by atoms with Crippen LogP contribution in [0.25, 0.3) is 0 Å². The van der Waals surface area contributed by atoms with Gasteiger partial charge in [-0.25, -0.2) is 4.99 Å². The molecule has 0 bridgehead atoms. The van der Waals surface area contributed by atoms with Crippen molar-refractivity contribution in [3.05, 3.63) is 89.7 Å². The van der Waals surface area contributed by atoms with E-state index in [-0.39, 0.29) is 5.91 Å². The summed E-state index contributed by atoms with van der Waals surface area (Å²) in [5.74, 6) is 1.33. The molecule has 6 heteroatoms. The van der Waals surface area contributed by atoms with Gasteiger partial charge in [-0.1, -0.05) is 26.0 Å². The number of methoxy groups -OCH3 is 1. The Morgan fingerprint density at radius 1 is 1.03 bits per heavy atom. The molecule has 6 nitrogen and oxygen atoms in total. The zero-order chi connectivity index (χ0) is 22.1. The number of carbonyl (C=O) groups excluding carboxylic acids is 1. The molecule has 1 aromatic heterocycles. The lowest BCUT2D eigenvalue weighted by Crippen LogP contribution is -2.36. The average Bonchev–Trinajstić information content (AvgIpc) is 2.83. The van der Waals surface area contributed by atoms with Crippen molar-refractivity contribution in [3.63, 3.8) is 0 Å². The van der Waals surface area contributed by atoms with E-state index in [0.717, 1.165) is 17.7 Å². The van der Waals surface area contributed by atoms with Crippen LogP contribution in [-0.2, 0) is 6.54 Å². The number of benzene rings is 2. The van der Waals surface area contributed by atoms with Crippen LogP contribution >= 0.6 is 0 Å². The summed E-state index contributed by atoms with van der Waals surface area (Å²) >= 11 is 0. The zero-order valence-electron chi connectivity index (χ0n) is 18.1. The molecule has 0 aliphatic heterocycles. The van der Waals surface area contributed by atoms with E-state index in [4.69, 9.17) is 4.74 Å². The molecule has 0 unspecified atom stereocenters. The first kappa shape index (κ1) is 22.0. The lowest BCUT2D eigenvalue weighted by molar-refractivity contribution is 0.0977. The molecular weight excluding hydrogens is 388 g/mol. The van der Waals surface area contributed by atoms with Crippen molar-refractivity contribution in [2.24, 2.45) is 4.99 Å². The summed E-state index contributed by atoms with van der Waals surface area (Å²) in [5, 5.41) is 6.12. The van der Waals surface area contributed by atoms with Crippen LogP contribution in [0.15, 0.2) is 78.0 Å². The van der Waals surface area contributed by atoms with Crippen molar-refractivity contribution in [2.45, 2.75) is 32.7 Å². The summed E-state index contributed by atoms with van der Waals surface area (Å²) < 4.78 is 5.16. The Balaban J connectivity index is 1.77. The van der Waals surface area contributed by atoms with Crippen LogP contribution in [0.1, 0.15) is 47.7 Å². The minimum absolute atomic E-state index is 0.250. The highest BCUT2D eigenvalue weighted by Crippen LogP contribution is 2.20. The Morgan fingerprint density at radius 2 is 1.71 bits per heavy atom. The van der Waals surface area contributed by atoms with Gasteiger partial charge in [0.2, 0.25) is 5.96 Å². The number of hydrogen-bond donors (Lipinski definition) is 2. The Bertz CT molecular complexity index is 1000. The molecule has 3 aromatic rings. The van der Waals surface area contributed by atoms with Crippen molar-refractivity contribution in [3.8, 4) is 5.75 Å². The molecule has 0 aliphatic rings. The third-order valence-corrected chi connectivity index (χ3v) is 5.11. The lowest BCUT2D eigenvalue weighted by Gasteiger charge is -2.14. The van der Waals surface area contributed by atoms with E-state index < -0.39 is 0 Å². The van der Waals surface area contributed by atoms with Gasteiger partial charge in [-0.15, -0.1) is 0 Å². The molecule has 1 amide bonds. The maximum atomic E-state index is 12.8. The summed E-state index contributed by atoms with van der Waals surface area (Å²) in [6.07, 6.45) is 4.53. The summed E-state index contributed by atoms with van der Waals surface area (Å²) in [6, 6.07) is 18.9. The fourth-order valence-electron chi connectivity index (χ4n) is 2.96. The monoisotopic (exact) mass is 416 g/mol. The first-order chi connectivity index (χ1) is 15.1. The van der Waals surface area contributed by atoms with Gasteiger partial charge in [0.1, 0.15) is 5.75 Å². The SMILES string of the molecule is CC[C@H](C)c1ccc(NC(=NCc2ccncc2)NC(=O)c2ccc(OC)cc2)cc1. The van der Waals surface area contributed by atoms with Gasteiger partial charge in [-0.3, -0.25) is 15.1 Å². The quantitative estimate of drug-likeness (QED) is 0.420. The number of carbonyl (C=O) groups is 1. The molecule has 0 aliphatic carbocycles. The second-order valence-corrected chi connectivity index (χ2v) is 7.26. The molecule has 0 spiro atoms. The second-order valence-electron chi connectivity index (χ2n) is 7.26. The van der Waals surface area contributed by atoms with Gasteiger partial charge >= 0.3 is 0 Å². The van der Waals surface area contributed by atoms with E-state index in [9.17, 15) is 4.79 Å². The van der Waals surface area contributed by atoms with Gasteiger partial charge in [-0.05, 0) is 72.0 Å². The molecule has 2 aromatic carbocycles. The number of aliphatic imine (C=N–C) groups is 1. The Labute approximate surface area is 183 Å². The minimum Gasteiger partial charge on any atom is -0.497 e. The largest absolute Gasteiger partial charge is 0.497 e. The van der Waals surface area contributed by atoms with E-state index in [1.165, 1.54) is 5.56 Å². The number of nitrogens with zero attached hydrogens (tertiary/aromatic N) is 2. The van der Waals surface area contributed by atoms with E-state index in [0.29, 0.717) is 29.7 Å². The van der Waals surface area contributed by atoms with E-state index in [2.05, 4.69) is 46.6 Å². The van der Waals surface area contributed by atoms with Crippen LogP contribution in [0.5, 0.6) is 5.75 Å². The number of anilines is 1. The predicted molar refractivity (Wildman–Crippen MR) is 125 cm³/mol. The number of amides is 1. The van der Waals surface area contributed by atoms with Gasteiger partial charge in [0.05, 0.1) is 13.7 Å².